The zero-order chi connectivity index (χ0) is 17.2. The molecule has 0 saturated heterocycles. The molecule has 2 rings (SSSR count). The molecule has 0 bridgehead atoms. The van der Waals surface area contributed by atoms with E-state index in [9.17, 15) is 14.0 Å². The van der Waals surface area contributed by atoms with Gasteiger partial charge in [0.15, 0.2) is 0 Å². The molecule has 1 heterocycles. The Hall–Kier alpha value is -2.90. The second-order valence-corrected chi connectivity index (χ2v) is 5.70. The zero-order valence-corrected chi connectivity index (χ0v) is 12.7. The molecule has 7 nitrogen and oxygen atoms in total. The Morgan fingerprint density at radius 1 is 1.30 bits per heavy atom. The summed E-state index contributed by atoms with van der Waals surface area (Å²) in [6, 6.07) is 4.99. The Morgan fingerprint density at radius 2 is 2.00 bits per heavy atom. The molecule has 1 aromatic heterocycles. The highest BCUT2D eigenvalue weighted by atomic mass is 19.1. The lowest BCUT2D eigenvalue weighted by atomic mass is 10.1. The standard InChI is InChI=1S/C15H15FN2O5/c1-15(2,3)22-14(21)17-8-4-5-9(10(16)6-8)11-7-12(13(19)20)23-18-11/h4-7H,1-3H3,(H,17,21)(H,19,20). The van der Waals surface area contributed by atoms with E-state index >= 15 is 0 Å². The Morgan fingerprint density at radius 3 is 2.52 bits per heavy atom. The number of hydrogen-bond donors (Lipinski definition) is 2. The molecule has 8 heteroatoms. The van der Waals surface area contributed by atoms with E-state index in [0.29, 0.717) is 0 Å². The Bertz CT molecular complexity index is 749. The molecular formula is C15H15FN2O5. The first-order valence-corrected chi connectivity index (χ1v) is 6.65. The van der Waals surface area contributed by atoms with Crippen LogP contribution in [0.4, 0.5) is 14.9 Å². The highest BCUT2D eigenvalue weighted by molar-refractivity contribution is 5.87. The van der Waals surface area contributed by atoms with E-state index in [1.807, 2.05) is 0 Å². The molecule has 0 spiro atoms. The Labute approximate surface area is 131 Å². The van der Waals surface area contributed by atoms with Gasteiger partial charge in [-0.25, -0.2) is 14.0 Å². The van der Waals surface area contributed by atoms with Gasteiger partial charge in [0.1, 0.15) is 17.1 Å². The molecule has 0 aliphatic carbocycles. The van der Waals surface area contributed by atoms with Gasteiger partial charge >= 0.3 is 12.1 Å². The molecule has 2 aromatic rings. The number of hydrogen-bond acceptors (Lipinski definition) is 5. The summed E-state index contributed by atoms with van der Waals surface area (Å²) in [5.41, 5.74) is -0.376. The molecule has 0 unspecified atom stereocenters. The summed E-state index contributed by atoms with van der Waals surface area (Å²) < 4.78 is 23.8. The van der Waals surface area contributed by atoms with Crippen LogP contribution in [0.5, 0.6) is 0 Å². The van der Waals surface area contributed by atoms with E-state index in [0.717, 1.165) is 12.1 Å². The first-order chi connectivity index (χ1) is 10.7. The summed E-state index contributed by atoms with van der Waals surface area (Å²) in [6.45, 7) is 5.13. The van der Waals surface area contributed by atoms with Crippen LogP contribution in [0.15, 0.2) is 28.8 Å². The number of halogens is 1. The van der Waals surface area contributed by atoms with Crippen molar-refractivity contribution in [3.63, 3.8) is 0 Å². The average molecular weight is 322 g/mol. The number of carbonyl (C=O) groups is 2. The number of ether oxygens (including phenoxy) is 1. The second kappa shape index (κ2) is 6.07. The van der Waals surface area contributed by atoms with Crippen molar-refractivity contribution in [3.8, 4) is 11.3 Å². The van der Waals surface area contributed by atoms with E-state index in [1.54, 1.807) is 20.8 Å². The van der Waals surface area contributed by atoms with Crippen LogP contribution < -0.4 is 5.32 Å². The number of nitrogens with zero attached hydrogens (tertiary/aromatic N) is 1. The maximum absolute atomic E-state index is 14.1. The molecule has 0 saturated carbocycles. The van der Waals surface area contributed by atoms with Crippen LogP contribution in [0.2, 0.25) is 0 Å². The lowest BCUT2D eigenvalue weighted by molar-refractivity contribution is 0.0630. The summed E-state index contributed by atoms with van der Waals surface area (Å²) in [5, 5.41) is 14.7. The van der Waals surface area contributed by atoms with Gasteiger partial charge in [-0.3, -0.25) is 5.32 Å². The number of rotatable bonds is 3. The smallest absolute Gasteiger partial charge is 0.412 e. The summed E-state index contributed by atoms with van der Waals surface area (Å²) in [6.07, 6.45) is -0.709. The number of aromatic carboxylic acids is 1. The average Bonchev–Trinajstić information content (AvgIpc) is 2.85. The van der Waals surface area contributed by atoms with Gasteiger partial charge in [0.05, 0.1) is 0 Å². The van der Waals surface area contributed by atoms with Crippen molar-refractivity contribution < 1.29 is 28.3 Å². The molecule has 0 fully saturated rings. The number of amides is 1. The third-order valence-corrected chi connectivity index (χ3v) is 2.61. The monoisotopic (exact) mass is 322 g/mol. The van der Waals surface area contributed by atoms with E-state index in [1.165, 1.54) is 12.1 Å². The minimum atomic E-state index is -1.30. The summed E-state index contributed by atoms with van der Waals surface area (Å²) in [4.78, 5) is 22.4. The molecular weight excluding hydrogens is 307 g/mol. The van der Waals surface area contributed by atoms with Crippen molar-refractivity contribution in [1.82, 2.24) is 5.16 Å². The summed E-state index contributed by atoms with van der Waals surface area (Å²) in [7, 11) is 0. The number of carboxylic acid groups (broad SMARTS) is 1. The number of aromatic nitrogens is 1. The zero-order valence-electron chi connectivity index (χ0n) is 12.7. The van der Waals surface area contributed by atoms with Crippen LogP contribution in [0.25, 0.3) is 11.3 Å². The largest absolute Gasteiger partial charge is 0.475 e. The predicted octanol–water partition coefficient (Wildman–Crippen LogP) is 3.53. The molecule has 0 aliphatic rings. The molecule has 2 N–H and O–H groups in total. The lowest BCUT2D eigenvalue weighted by Gasteiger charge is -2.19. The summed E-state index contributed by atoms with van der Waals surface area (Å²) >= 11 is 0. The second-order valence-electron chi connectivity index (χ2n) is 5.70. The molecule has 0 atom stereocenters. The Kier molecular flexibility index (Phi) is 4.35. The van der Waals surface area contributed by atoms with E-state index < -0.39 is 29.2 Å². The quantitative estimate of drug-likeness (QED) is 0.896. The number of carbonyl (C=O) groups excluding carboxylic acids is 1. The lowest BCUT2D eigenvalue weighted by Crippen LogP contribution is -2.27. The van der Waals surface area contributed by atoms with Gasteiger partial charge in [0.25, 0.3) is 0 Å². The third-order valence-electron chi connectivity index (χ3n) is 2.61. The molecule has 122 valence electrons. The number of nitrogens with one attached hydrogen (secondary N) is 1. The topological polar surface area (TPSA) is 102 Å². The van der Waals surface area contributed by atoms with E-state index in [2.05, 4.69) is 15.0 Å². The number of benzene rings is 1. The van der Waals surface area contributed by atoms with E-state index in [4.69, 9.17) is 9.84 Å². The molecule has 0 aliphatic heterocycles. The van der Waals surface area contributed by atoms with Crippen molar-refractivity contribution >= 4 is 17.7 Å². The maximum atomic E-state index is 14.1. The molecule has 0 radical (unpaired) electrons. The normalized spacial score (nSPS) is 11.1. The van der Waals surface area contributed by atoms with Gasteiger partial charge in [-0.15, -0.1) is 0 Å². The van der Waals surface area contributed by atoms with Crippen LogP contribution in [-0.2, 0) is 4.74 Å². The minimum absolute atomic E-state index is 0.0451. The molecule has 1 aromatic carbocycles. The van der Waals surface area contributed by atoms with Crippen molar-refractivity contribution in [2.45, 2.75) is 26.4 Å². The molecule has 23 heavy (non-hydrogen) atoms. The fourth-order valence-electron chi connectivity index (χ4n) is 1.72. The van der Waals surface area contributed by atoms with Gasteiger partial charge in [-0.05, 0) is 39.0 Å². The van der Waals surface area contributed by atoms with E-state index in [-0.39, 0.29) is 16.9 Å². The van der Waals surface area contributed by atoms with Crippen LogP contribution in [-0.4, -0.2) is 27.9 Å². The van der Waals surface area contributed by atoms with Gasteiger partial charge < -0.3 is 14.4 Å². The van der Waals surface area contributed by atoms with Crippen LogP contribution >= 0.6 is 0 Å². The molecule has 1 amide bonds. The first kappa shape index (κ1) is 16.5. The maximum Gasteiger partial charge on any atom is 0.412 e. The van der Waals surface area contributed by atoms with Gasteiger partial charge in [0, 0.05) is 17.3 Å². The number of anilines is 1. The number of carboxylic acids is 1. The van der Waals surface area contributed by atoms with Crippen molar-refractivity contribution in [2.75, 3.05) is 5.32 Å². The summed E-state index contributed by atoms with van der Waals surface area (Å²) in [5.74, 6) is -2.38. The highest BCUT2D eigenvalue weighted by Crippen LogP contribution is 2.25. The SMILES string of the molecule is CC(C)(C)OC(=O)Nc1ccc(-c2cc(C(=O)O)on2)c(F)c1. The fraction of sp³-hybridized carbons (Fsp3) is 0.267. The van der Waals surface area contributed by atoms with Crippen molar-refractivity contribution in [3.05, 3.63) is 35.8 Å². The van der Waals surface area contributed by atoms with Gasteiger partial charge in [-0.1, -0.05) is 5.16 Å². The third kappa shape index (κ3) is 4.29. The van der Waals surface area contributed by atoms with Gasteiger partial charge in [0.2, 0.25) is 5.76 Å². The van der Waals surface area contributed by atoms with Crippen molar-refractivity contribution in [1.29, 1.82) is 0 Å². The van der Waals surface area contributed by atoms with Gasteiger partial charge in [-0.2, -0.15) is 0 Å². The van der Waals surface area contributed by atoms with Crippen molar-refractivity contribution in [2.24, 2.45) is 0 Å². The predicted molar refractivity (Wildman–Crippen MR) is 78.7 cm³/mol. The Balaban J connectivity index is 2.17. The minimum Gasteiger partial charge on any atom is -0.475 e. The van der Waals surface area contributed by atoms with Crippen LogP contribution in [0.3, 0.4) is 0 Å². The fourth-order valence-corrected chi connectivity index (χ4v) is 1.72. The highest BCUT2D eigenvalue weighted by Gasteiger charge is 2.18. The van der Waals surface area contributed by atoms with Crippen LogP contribution in [0.1, 0.15) is 31.3 Å². The first-order valence-electron chi connectivity index (χ1n) is 6.65. The van der Waals surface area contributed by atoms with Crippen LogP contribution in [0, 0.1) is 5.82 Å².